The van der Waals surface area contributed by atoms with Crippen LogP contribution in [-0.2, 0) is 9.47 Å². The average Bonchev–Trinajstić information content (AvgIpc) is 2.41. The van der Waals surface area contributed by atoms with Crippen molar-refractivity contribution in [3.8, 4) is 0 Å². The molecule has 1 unspecified atom stereocenters. The number of unbranched alkanes of at least 4 members (excludes halogenated alkanes) is 1. The number of nitrogens with one attached hydrogen (secondary N) is 1. The number of piperazine rings is 1. The van der Waals surface area contributed by atoms with E-state index in [4.69, 9.17) is 9.47 Å². The molecule has 0 aromatic carbocycles. The zero-order valence-electron chi connectivity index (χ0n) is 10.8. The summed E-state index contributed by atoms with van der Waals surface area (Å²) in [7, 11) is 0. The van der Waals surface area contributed by atoms with Crippen LogP contribution in [0.2, 0.25) is 0 Å². The van der Waals surface area contributed by atoms with Crippen LogP contribution in [0.25, 0.3) is 0 Å². The van der Waals surface area contributed by atoms with Gasteiger partial charge in [0.25, 0.3) is 0 Å². The third-order valence-corrected chi connectivity index (χ3v) is 3.52. The van der Waals surface area contributed by atoms with Crippen LogP contribution in [0.5, 0.6) is 0 Å². The van der Waals surface area contributed by atoms with E-state index >= 15 is 0 Å². The molecule has 4 heteroatoms. The van der Waals surface area contributed by atoms with Crippen molar-refractivity contribution >= 4 is 0 Å². The van der Waals surface area contributed by atoms with E-state index in [0.29, 0.717) is 0 Å². The van der Waals surface area contributed by atoms with Crippen LogP contribution in [0.3, 0.4) is 0 Å². The molecule has 0 radical (unpaired) electrons. The van der Waals surface area contributed by atoms with Gasteiger partial charge in [0.1, 0.15) is 0 Å². The van der Waals surface area contributed by atoms with Crippen molar-refractivity contribution in [1.29, 1.82) is 0 Å². The Labute approximate surface area is 105 Å². The maximum atomic E-state index is 5.72. The average molecular weight is 242 g/mol. The lowest BCUT2D eigenvalue weighted by atomic mass is 10.2. The van der Waals surface area contributed by atoms with E-state index < -0.39 is 0 Å². The Bertz CT molecular complexity index is 170. The van der Waals surface area contributed by atoms with E-state index in [9.17, 15) is 0 Å². The van der Waals surface area contributed by atoms with Gasteiger partial charge in [0, 0.05) is 39.4 Å². The maximum absolute atomic E-state index is 5.72. The summed E-state index contributed by atoms with van der Waals surface area (Å²) >= 11 is 0. The first-order valence-electron chi connectivity index (χ1n) is 7.11. The number of hydrogen-bond acceptors (Lipinski definition) is 4. The summed E-state index contributed by atoms with van der Waals surface area (Å²) in [6.45, 7) is 7.65. The Morgan fingerprint density at radius 3 is 2.82 bits per heavy atom. The van der Waals surface area contributed by atoms with Crippen molar-refractivity contribution in [2.45, 2.75) is 38.4 Å². The molecule has 4 nitrogen and oxygen atoms in total. The quantitative estimate of drug-likeness (QED) is 0.710. The SMILES string of the molecule is C1CCC(OCCCCN2CCNCC2)OC1. The molecule has 0 saturated carbocycles. The van der Waals surface area contributed by atoms with Gasteiger partial charge in [-0.2, -0.15) is 0 Å². The Hall–Kier alpha value is -0.160. The smallest absolute Gasteiger partial charge is 0.157 e. The molecule has 0 aliphatic carbocycles. The highest BCUT2D eigenvalue weighted by Crippen LogP contribution is 2.13. The third kappa shape index (κ3) is 5.34. The minimum absolute atomic E-state index is 0.0861. The lowest BCUT2D eigenvalue weighted by molar-refractivity contribution is -0.162. The van der Waals surface area contributed by atoms with Gasteiger partial charge < -0.3 is 19.7 Å². The first kappa shape index (κ1) is 13.3. The standard InChI is InChI=1S/C13H26N2O2/c1-3-11-16-13(5-1)17-12-4-2-8-15-9-6-14-7-10-15/h13-14H,1-12H2. The predicted octanol–water partition coefficient (Wildman–Crippen LogP) is 1.22. The highest BCUT2D eigenvalue weighted by molar-refractivity contribution is 4.67. The molecule has 0 amide bonds. The molecule has 2 rings (SSSR count). The lowest BCUT2D eigenvalue weighted by Gasteiger charge is -2.27. The molecule has 1 N–H and O–H groups in total. The van der Waals surface area contributed by atoms with Crippen molar-refractivity contribution in [1.82, 2.24) is 10.2 Å². The van der Waals surface area contributed by atoms with E-state index in [2.05, 4.69) is 10.2 Å². The van der Waals surface area contributed by atoms with E-state index in [-0.39, 0.29) is 6.29 Å². The molecule has 2 saturated heterocycles. The molecular weight excluding hydrogens is 216 g/mol. The van der Waals surface area contributed by atoms with Crippen molar-refractivity contribution in [3.05, 3.63) is 0 Å². The van der Waals surface area contributed by atoms with Crippen LogP contribution in [0.1, 0.15) is 32.1 Å². The molecule has 100 valence electrons. The van der Waals surface area contributed by atoms with Gasteiger partial charge in [-0.1, -0.05) is 0 Å². The Morgan fingerprint density at radius 2 is 2.06 bits per heavy atom. The second kappa shape index (κ2) is 8.03. The van der Waals surface area contributed by atoms with Crippen LogP contribution >= 0.6 is 0 Å². The minimum atomic E-state index is 0.0861. The molecule has 0 aromatic heterocycles. The Balaban J connectivity index is 1.42. The van der Waals surface area contributed by atoms with Crippen LogP contribution in [0, 0.1) is 0 Å². The van der Waals surface area contributed by atoms with Gasteiger partial charge in [-0.25, -0.2) is 0 Å². The molecule has 17 heavy (non-hydrogen) atoms. The van der Waals surface area contributed by atoms with Gasteiger partial charge >= 0.3 is 0 Å². The highest BCUT2D eigenvalue weighted by atomic mass is 16.7. The third-order valence-electron chi connectivity index (χ3n) is 3.52. The Morgan fingerprint density at radius 1 is 1.18 bits per heavy atom. The summed E-state index contributed by atoms with van der Waals surface area (Å²) in [5.41, 5.74) is 0. The molecule has 1 atom stereocenters. The molecule has 2 fully saturated rings. The summed E-state index contributed by atoms with van der Waals surface area (Å²) in [4.78, 5) is 2.54. The van der Waals surface area contributed by atoms with Gasteiger partial charge in [-0.15, -0.1) is 0 Å². The molecule has 0 spiro atoms. The van der Waals surface area contributed by atoms with Gasteiger partial charge in [-0.05, 0) is 38.6 Å². The van der Waals surface area contributed by atoms with Gasteiger partial charge in [0.05, 0.1) is 0 Å². The zero-order chi connectivity index (χ0) is 11.8. The fourth-order valence-corrected chi connectivity index (χ4v) is 2.43. The van der Waals surface area contributed by atoms with E-state index in [0.717, 1.165) is 39.1 Å². The monoisotopic (exact) mass is 242 g/mol. The molecule has 0 aromatic rings. The first-order valence-corrected chi connectivity index (χ1v) is 7.11. The van der Waals surface area contributed by atoms with Gasteiger partial charge in [-0.3, -0.25) is 0 Å². The second-order valence-electron chi connectivity index (χ2n) is 4.97. The zero-order valence-corrected chi connectivity index (χ0v) is 10.8. The first-order chi connectivity index (χ1) is 8.45. The topological polar surface area (TPSA) is 33.7 Å². The number of hydrogen-bond donors (Lipinski definition) is 1. The van der Waals surface area contributed by atoms with Crippen molar-refractivity contribution in [2.75, 3.05) is 45.9 Å². The number of nitrogens with zero attached hydrogens (tertiary/aromatic N) is 1. The van der Waals surface area contributed by atoms with Crippen LogP contribution < -0.4 is 5.32 Å². The molecular formula is C13H26N2O2. The second-order valence-corrected chi connectivity index (χ2v) is 4.97. The van der Waals surface area contributed by atoms with Crippen LogP contribution in [-0.4, -0.2) is 57.1 Å². The fourth-order valence-electron chi connectivity index (χ4n) is 2.43. The van der Waals surface area contributed by atoms with E-state index in [1.165, 1.54) is 38.9 Å². The van der Waals surface area contributed by atoms with Crippen molar-refractivity contribution in [3.63, 3.8) is 0 Å². The normalized spacial score (nSPS) is 27.2. The number of rotatable bonds is 6. The summed E-state index contributed by atoms with van der Waals surface area (Å²) in [5.74, 6) is 0. The minimum Gasteiger partial charge on any atom is -0.353 e. The predicted molar refractivity (Wildman–Crippen MR) is 68.1 cm³/mol. The fraction of sp³-hybridized carbons (Fsp3) is 1.00. The largest absolute Gasteiger partial charge is 0.353 e. The molecule has 2 aliphatic heterocycles. The molecule has 2 aliphatic rings. The van der Waals surface area contributed by atoms with Gasteiger partial charge in [0.15, 0.2) is 6.29 Å². The van der Waals surface area contributed by atoms with Crippen molar-refractivity contribution < 1.29 is 9.47 Å². The number of ether oxygens (including phenoxy) is 2. The molecule has 2 heterocycles. The van der Waals surface area contributed by atoms with Crippen LogP contribution in [0.15, 0.2) is 0 Å². The van der Waals surface area contributed by atoms with E-state index in [1.807, 2.05) is 0 Å². The van der Waals surface area contributed by atoms with Crippen molar-refractivity contribution in [2.24, 2.45) is 0 Å². The summed E-state index contributed by atoms with van der Waals surface area (Å²) < 4.78 is 11.3. The molecule has 0 bridgehead atoms. The van der Waals surface area contributed by atoms with Gasteiger partial charge in [0.2, 0.25) is 0 Å². The lowest BCUT2D eigenvalue weighted by Crippen LogP contribution is -2.43. The Kier molecular flexibility index (Phi) is 6.27. The summed E-state index contributed by atoms with van der Waals surface area (Å²) in [6.07, 6.45) is 6.02. The summed E-state index contributed by atoms with van der Waals surface area (Å²) in [6, 6.07) is 0. The highest BCUT2D eigenvalue weighted by Gasteiger charge is 2.13. The van der Waals surface area contributed by atoms with E-state index in [1.54, 1.807) is 0 Å². The summed E-state index contributed by atoms with van der Waals surface area (Å²) in [5, 5.41) is 3.38. The van der Waals surface area contributed by atoms with Crippen LogP contribution in [0.4, 0.5) is 0 Å². The maximum Gasteiger partial charge on any atom is 0.157 e.